The lowest BCUT2D eigenvalue weighted by Crippen LogP contribution is -2.46. The van der Waals surface area contributed by atoms with Gasteiger partial charge in [0.15, 0.2) is 0 Å². The molecule has 0 radical (unpaired) electrons. The molecule has 1 aliphatic rings. The van der Waals surface area contributed by atoms with Crippen LogP contribution < -0.4 is 0 Å². The second kappa shape index (κ2) is 6.82. The van der Waals surface area contributed by atoms with Gasteiger partial charge in [-0.1, -0.05) is 12.1 Å². The Balaban J connectivity index is 1.91. The summed E-state index contributed by atoms with van der Waals surface area (Å²) in [6.45, 7) is 3.68. The summed E-state index contributed by atoms with van der Waals surface area (Å²) in [5.41, 5.74) is 1.07. The van der Waals surface area contributed by atoms with Crippen molar-refractivity contribution in [2.45, 2.75) is 31.0 Å². The standard InChI is InChI=1S/C18H19F2NO3S/c1-12-9-16(20)7-8-18(12)25(22,23)21-10-13(2)24-17(11-21)14-3-5-15(19)6-4-14/h3-9,13,17H,10-11H2,1-2H3. The third kappa shape index (κ3) is 3.73. The molecule has 4 nitrogen and oxygen atoms in total. The Labute approximate surface area is 146 Å². The van der Waals surface area contributed by atoms with Gasteiger partial charge in [0.05, 0.1) is 17.1 Å². The van der Waals surface area contributed by atoms with E-state index in [2.05, 4.69) is 0 Å². The van der Waals surface area contributed by atoms with Gasteiger partial charge in [0.1, 0.15) is 11.6 Å². The molecule has 1 heterocycles. The molecule has 1 aliphatic heterocycles. The Morgan fingerprint density at radius 3 is 2.32 bits per heavy atom. The molecule has 0 aromatic heterocycles. The van der Waals surface area contributed by atoms with Crippen molar-refractivity contribution in [3.8, 4) is 0 Å². The maximum atomic E-state index is 13.3. The van der Waals surface area contributed by atoms with Gasteiger partial charge in [0.25, 0.3) is 0 Å². The molecule has 1 saturated heterocycles. The molecule has 2 unspecified atom stereocenters. The number of morpholine rings is 1. The summed E-state index contributed by atoms with van der Waals surface area (Å²) in [6.07, 6.45) is -0.806. The topological polar surface area (TPSA) is 46.6 Å². The number of ether oxygens (including phenoxy) is 1. The average molecular weight is 367 g/mol. The van der Waals surface area contributed by atoms with Crippen LogP contribution in [0, 0.1) is 18.6 Å². The first-order valence-electron chi connectivity index (χ1n) is 7.94. The van der Waals surface area contributed by atoms with Crippen LogP contribution in [0.15, 0.2) is 47.4 Å². The molecule has 134 valence electrons. The second-order valence-electron chi connectivity index (χ2n) is 6.22. The Kier molecular flexibility index (Phi) is 4.90. The lowest BCUT2D eigenvalue weighted by Gasteiger charge is -2.36. The first-order valence-corrected chi connectivity index (χ1v) is 9.38. The Hall–Kier alpha value is -1.83. The van der Waals surface area contributed by atoms with Gasteiger partial charge in [-0.05, 0) is 55.3 Å². The normalized spacial score (nSPS) is 22.1. The van der Waals surface area contributed by atoms with E-state index in [1.165, 1.54) is 28.6 Å². The van der Waals surface area contributed by atoms with Crippen LogP contribution in [0.25, 0.3) is 0 Å². The first-order chi connectivity index (χ1) is 11.8. The fourth-order valence-electron chi connectivity index (χ4n) is 3.01. The van der Waals surface area contributed by atoms with E-state index >= 15 is 0 Å². The number of halogens is 2. The number of nitrogens with zero attached hydrogens (tertiary/aromatic N) is 1. The minimum absolute atomic E-state index is 0.0841. The van der Waals surface area contributed by atoms with E-state index in [0.717, 1.165) is 6.07 Å². The van der Waals surface area contributed by atoms with E-state index in [1.54, 1.807) is 26.0 Å². The first kappa shape index (κ1) is 18.0. The van der Waals surface area contributed by atoms with Crippen LogP contribution in [0.1, 0.15) is 24.2 Å². The molecule has 7 heteroatoms. The zero-order valence-corrected chi connectivity index (χ0v) is 14.8. The van der Waals surface area contributed by atoms with Crippen LogP contribution in [0.3, 0.4) is 0 Å². The number of hydrogen-bond donors (Lipinski definition) is 0. The van der Waals surface area contributed by atoms with Gasteiger partial charge in [0.2, 0.25) is 10.0 Å². The summed E-state index contributed by atoms with van der Waals surface area (Å²) in [5.74, 6) is -0.838. The van der Waals surface area contributed by atoms with Crippen molar-refractivity contribution in [1.29, 1.82) is 0 Å². The third-order valence-corrected chi connectivity index (χ3v) is 6.22. The molecule has 1 fully saturated rings. The van der Waals surface area contributed by atoms with Crippen LogP contribution in [-0.4, -0.2) is 31.9 Å². The summed E-state index contributed by atoms with van der Waals surface area (Å²) in [4.78, 5) is 0.0841. The number of rotatable bonds is 3. The van der Waals surface area contributed by atoms with Crippen LogP contribution in [0.5, 0.6) is 0 Å². The van der Waals surface area contributed by atoms with Crippen molar-refractivity contribution in [3.05, 3.63) is 65.2 Å². The highest BCUT2D eigenvalue weighted by Crippen LogP contribution is 2.30. The fraction of sp³-hybridized carbons (Fsp3) is 0.333. The second-order valence-corrected chi connectivity index (χ2v) is 8.13. The molecule has 2 atom stereocenters. The van der Waals surface area contributed by atoms with Gasteiger partial charge in [-0.25, -0.2) is 17.2 Å². The van der Waals surface area contributed by atoms with Crippen molar-refractivity contribution in [2.75, 3.05) is 13.1 Å². The lowest BCUT2D eigenvalue weighted by molar-refractivity contribution is -0.0557. The highest BCUT2D eigenvalue weighted by Gasteiger charge is 2.35. The monoisotopic (exact) mass is 367 g/mol. The number of benzene rings is 2. The predicted octanol–water partition coefficient (Wildman–Crippen LogP) is 3.42. The minimum atomic E-state index is -3.78. The third-order valence-electron chi connectivity index (χ3n) is 4.22. The molecule has 0 spiro atoms. The molecule has 0 bridgehead atoms. The van der Waals surface area contributed by atoms with Crippen LogP contribution in [-0.2, 0) is 14.8 Å². The Morgan fingerprint density at radius 1 is 1.04 bits per heavy atom. The Morgan fingerprint density at radius 2 is 1.68 bits per heavy atom. The van der Waals surface area contributed by atoms with E-state index in [1.807, 2.05) is 0 Å². The molecule has 25 heavy (non-hydrogen) atoms. The lowest BCUT2D eigenvalue weighted by atomic mass is 10.1. The van der Waals surface area contributed by atoms with Crippen LogP contribution in [0.2, 0.25) is 0 Å². The molecule has 3 rings (SSSR count). The van der Waals surface area contributed by atoms with Crippen molar-refractivity contribution in [1.82, 2.24) is 4.31 Å². The smallest absolute Gasteiger partial charge is 0.243 e. The summed E-state index contributed by atoms with van der Waals surface area (Å²) in [6, 6.07) is 9.45. The summed E-state index contributed by atoms with van der Waals surface area (Å²) in [7, 11) is -3.78. The Bertz CT molecular complexity index is 868. The molecular weight excluding hydrogens is 348 g/mol. The van der Waals surface area contributed by atoms with Gasteiger partial charge in [-0.15, -0.1) is 0 Å². The zero-order chi connectivity index (χ0) is 18.2. The number of sulfonamides is 1. The largest absolute Gasteiger partial charge is 0.368 e. The molecule has 0 amide bonds. The van der Waals surface area contributed by atoms with E-state index in [0.29, 0.717) is 11.1 Å². The molecular formula is C18H19F2NO3S. The quantitative estimate of drug-likeness (QED) is 0.835. The highest BCUT2D eigenvalue weighted by molar-refractivity contribution is 7.89. The summed E-state index contributed by atoms with van der Waals surface area (Å²) < 4.78 is 59.6. The van der Waals surface area contributed by atoms with Crippen LogP contribution >= 0.6 is 0 Å². The maximum Gasteiger partial charge on any atom is 0.243 e. The molecule has 0 aliphatic carbocycles. The molecule has 0 saturated carbocycles. The number of aryl methyl sites for hydroxylation is 1. The SMILES string of the molecule is Cc1cc(F)ccc1S(=O)(=O)N1CC(C)OC(c2ccc(F)cc2)C1. The summed E-state index contributed by atoms with van der Waals surface area (Å²) >= 11 is 0. The molecule has 0 N–H and O–H groups in total. The van der Waals surface area contributed by atoms with Crippen molar-refractivity contribution >= 4 is 10.0 Å². The maximum absolute atomic E-state index is 13.3. The average Bonchev–Trinajstić information content (AvgIpc) is 2.54. The molecule has 2 aromatic rings. The van der Waals surface area contributed by atoms with E-state index < -0.39 is 21.9 Å². The van der Waals surface area contributed by atoms with Gasteiger partial charge >= 0.3 is 0 Å². The van der Waals surface area contributed by atoms with Gasteiger partial charge < -0.3 is 4.74 Å². The number of hydrogen-bond acceptors (Lipinski definition) is 3. The van der Waals surface area contributed by atoms with E-state index in [4.69, 9.17) is 4.74 Å². The van der Waals surface area contributed by atoms with E-state index in [-0.39, 0.29) is 29.9 Å². The summed E-state index contributed by atoms with van der Waals surface area (Å²) in [5, 5.41) is 0. The van der Waals surface area contributed by atoms with Gasteiger partial charge in [0, 0.05) is 13.1 Å². The van der Waals surface area contributed by atoms with Crippen LogP contribution in [0.4, 0.5) is 8.78 Å². The van der Waals surface area contributed by atoms with Crippen molar-refractivity contribution in [2.24, 2.45) is 0 Å². The predicted molar refractivity (Wildman–Crippen MR) is 89.6 cm³/mol. The highest BCUT2D eigenvalue weighted by atomic mass is 32.2. The van der Waals surface area contributed by atoms with Crippen molar-refractivity contribution in [3.63, 3.8) is 0 Å². The molecule has 2 aromatic carbocycles. The van der Waals surface area contributed by atoms with Gasteiger partial charge in [-0.3, -0.25) is 0 Å². The van der Waals surface area contributed by atoms with Crippen molar-refractivity contribution < 1.29 is 21.9 Å². The van der Waals surface area contributed by atoms with Gasteiger partial charge in [-0.2, -0.15) is 4.31 Å². The van der Waals surface area contributed by atoms with E-state index in [9.17, 15) is 17.2 Å². The minimum Gasteiger partial charge on any atom is -0.368 e. The fourth-order valence-corrected chi connectivity index (χ4v) is 4.73. The zero-order valence-electron chi connectivity index (χ0n) is 13.9.